The highest BCUT2D eigenvalue weighted by Gasteiger charge is 2.52. The van der Waals surface area contributed by atoms with Gasteiger partial charge in [-0.15, -0.1) is 0 Å². The van der Waals surface area contributed by atoms with E-state index in [2.05, 4.69) is 0 Å². The van der Waals surface area contributed by atoms with Gasteiger partial charge in [-0.3, -0.25) is 4.79 Å². The molecule has 126 valence electrons. The third-order valence-corrected chi connectivity index (χ3v) is 7.14. The molecule has 0 N–H and O–H groups in total. The van der Waals surface area contributed by atoms with Gasteiger partial charge in [0.1, 0.15) is 6.04 Å². The molecule has 7 nitrogen and oxygen atoms in total. The van der Waals surface area contributed by atoms with Crippen LogP contribution in [0.1, 0.15) is 32.1 Å². The average molecular weight is 332 g/mol. The Kier molecular flexibility index (Phi) is 4.72. The number of morpholine rings is 1. The van der Waals surface area contributed by atoms with Crippen molar-refractivity contribution in [3.05, 3.63) is 0 Å². The number of esters is 1. The second kappa shape index (κ2) is 6.43. The van der Waals surface area contributed by atoms with Crippen molar-refractivity contribution in [2.24, 2.45) is 5.92 Å². The maximum absolute atomic E-state index is 13.1. The van der Waals surface area contributed by atoms with Gasteiger partial charge in [-0.2, -0.15) is 17.0 Å². The van der Waals surface area contributed by atoms with Gasteiger partial charge in [-0.05, 0) is 25.2 Å². The van der Waals surface area contributed by atoms with Crippen LogP contribution >= 0.6 is 0 Å². The third-order valence-electron chi connectivity index (χ3n) is 5.07. The molecule has 2 heterocycles. The predicted octanol–water partition coefficient (Wildman–Crippen LogP) is 0.370. The van der Waals surface area contributed by atoms with Gasteiger partial charge in [0, 0.05) is 19.1 Å². The van der Waals surface area contributed by atoms with Crippen molar-refractivity contribution in [1.29, 1.82) is 0 Å². The molecule has 0 amide bonds. The van der Waals surface area contributed by atoms with Gasteiger partial charge >= 0.3 is 5.97 Å². The van der Waals surface area contributed by atoms with E-state index in [0.717, 1.165) is 25.7 Å². The molecule has 3 atom stereocenters. The lowest BCUT2D eigenvalue weighted by atomic mass is 9.85. The number of methoxy groups -OCH3 is 1. The lowest BCUT2D eigenvalue weighted by Gasteiger charge is -2.37. The maximum atomic E-state index is 13.1. The van der Waals surface area contributed by atoms with Gasteiger partial charge in [0.15, 0.2) is 0 Å². The molecule has 3 aliphatic rings. The summed E-state index contributed by atoms with van der Waals surface area (Å²) >= 11 is 0. The van der Waals surface area contributed by atoms with Gasteiger partial charge in [0.05, 0.1) is 20.3 Å². The fourth-order valence-corrected chi connectivity index (χ4v) is 5.99. The lowest BCUT2D eigenvalue weighted by molar-refractivity contribution is -0.144. The summed E-state index contributed by atoms with van der Waals surface area (Å²) in [5.74, 6) is -0.167. The molecule has 0 aromatic carbocycles. The first-order valence-corrected chi connectivity index (χ1v) is 9.39. The van der Waals surface area contributed by atoms with Gasteiger partial charge in [0.25, 0.3) is 10.2 Å². The summed E-state index contributed by atoms with van der Waals surface area (Å²) in [5.41, 5.74) is 0. The number of rotatable bonds is 3. The zero-order chi connectivity index (χ0) is 15.7. The summed E-state index contributed by atoms with van der Waals surface area (Å²) in [6, 6.07) is -0.739. The zero-order valence-corrected chi connectivity index (χ0v) is 13.8. The average Bonchev–Trinajstić information content (AvgIpc) is 2.95. The van der Waals surface area contributed by atoms with E-state index in [1.54, 1.807) is 0 Å². The van der Waals surface area contributed by atoms with Crippen molar-refractivity contribution in [2.45, 2.75) is 44.2 Å². The smallest absolute Gasteiger partial charge is 0.324 e. The van der Waals surface area contributed by atoms with Crippen molar-refractivity contribution >= 4 is 16.2 Å². The second-order valence-electron chi connectivity index (χ2n) is 6.24. The predicted molar refractivity (Wildman–Crippen MR) is 79.3 cm³/mol. The minimum atomic E-state index is -3.65. The first-order valence-electron chi connectivity index (χ1n) is 8.00. The van der Waals surface area contributed by atoms with Crippen LogP contribution in [0.5, 0.6) is 0 Å². The minimum absolute atomic E-state index is 0.0642. The molecule has 0 spiro atoms. The van der Waals surface area contributed by atoms with Crippen molar-refractivity contribution in [3.63, 3.8) is 0 Å². The van der Waals surface area contributed by atoms with Gasteiger partial charge in [0.2, 0.25) is 0 Å². The molecular formula is C14H24N2O5S. The molecule has 3 fully saturated rings. The van der Waals surface area contributed by atoms with Crippen molar-refractivity contribution in [1.82, 2.24) is 8.61 Å². The largest absolute Gasteiger partial charge is 0.468 e. The second-order valence-corrected chi connectivity index (χ2v) is 8.07. The Morgan fingerprint density at radius 1 is 1.18 bits per heavy atom. The molecule has 3 rings (SSSR count). The van der Waals surface area contributed by atoms with E-state index in [0.29, 0.717) is 32.7 Å². The number of ether oxygens (including phenoxy) is 2. The number of hydrogen-bond acceptors (Lipinski definition) is 5. The molecule has 3 unspecified atom stereocenters. The molecule has 0 aromatic rings. The number of fused-ring (bicyclic) bond motifs is 1. The van der Waals surface area contributed by atoms with E-state index in [4.69, 9.17) is 9.47 Å². The van der Waals surface area contributed by atoms with E-state index in [9.17, 15) is 13.2 Å². The highest BCUT2D eigenvalue weighted by molar-refractivity contribution is 7.86. The van der Waals surface area contributed by atoms with Gasteiger partial charge in [-0.25, -0.2) is 0 Å². The van der Waals surface area contributed by atoms with E-state index in [-0.39, 0.29) is 12.0 Å². The Balaban J connectivity index is 1.90. The first kappa shape index (κ1) is 16.2. The van der Waals surface area contributed by atoms with Gasteiger partial charge in [-0.1, -0.05) is 12.8 Å². The van der Waals surface area contributed by atoms with Crippen molar-refractivity contribution in [2.75, 3.05) is 33.4 Å². The van der Waals surface area contributed by atoms with Crippen LogP contribution in [0.3, 0.4) is 0 Å². The summed E-state index contributed by atoms with van der Waals surface area (Å²) in [5, 5.41) is 0. The molecule has 8 heteroatoms. The highest BCUT2D eigenvalue weighted by Crippen LogP contribution is 2.42. The molecule has 1 aliphatic carbocycles. The topological polar surface area (TPSA) is 76.2 Å². The van der Waals surface area contributed by atoms with Crippen LogP contribution in [0, 0.1) is 5.92 Å². The Morgan fingerprint density at radius 3 is 2.55 bits per heavy atom. The quantitative estimate of drug-likeness (QED) is 0.698. The monoisotopic (exact) mass is 332 g/mol. The third kappa shape index (κ3) is 2.77. The number of nitrogens with zero attached hydrogens (tertiary/aromatic N) is 2. The minimum Gasteiger partial charge on any atom is -0.468 e. The summed E-state index contributed by atoms with van der Waals surface area (Å²) in [6.07, 6.45) is 4.54. The fourth-order valence-electron chi connectivity index (χ4n) is 4.00. The summed E-state index contributed by atoms with van der Waals surface area (Å²) in [7, 11) is -2.33. The number of carbonyl (C=O) groups is 1. The molecule has 2 aliphatic heterocycles. The summed E-state index contributed by atoms with van der Waals surface area (Å²) in [4.78, 5) is 12.1. The van der Waals surface area contributed by atoms with Crippen LogP contribution in [-0.4, -0.2) is 68.5 Å². The van der Waals surface area contributed by atoms with Crippen molar-refractivity contribution in [3.8, 4) is 0 Å². The molecule has 2 saturated heterocycles. The zero-order valence-electron chi connectivity index (χ0n) is 12.9. The normalized spacial score (nSPS) is 34.3. The number of hydrogen-bond donors (Lipinski definition) is 0. The lowest BCUT2D eigenvalue weighted by Crippen LogP contribution is -2.54. The molecular weight excluding hydrogens is 308 g/mol. The number of carbonyl (C=O) groups excluding carboxylic acids is 1. The molecule has 0 bridgehead atoms. The van der Waals surface area contributed by atoms with E-state index >= 15 is 0 Å². The van der Waals surface area contributed by atoms with Crippen molar-refractivity contribution < 1.29 is 22.7 Å². The molecule has 22 heavy (non-hydrogen) atoms. The SMILES string of the molecule is COC(=O)C1CC2CCCCC2N1S(=O)(=O)N1CCOCC1. The van der Waals surface area contributed by atoms with Gasteiger partial charge < -0.3 is 9.47 Å². The summed E-state index contributed by atoms with van der Waals surface area (Å²) in [6.45, 7) is 1.52. The fraction of sp³-hybridized carbons (Fsp3) is 0.929. The molecule has 1 saturated carbocycles. The maximum Gasteiger partial charge on any atom is 0.324 e. The molecule has 0 radical (unpaired) electrons. The first-order chi connectivity index (χ1) is 10.6. The van der Waals surface area contributed by atoms with Crippen LogP contribution in [0.25, 0.3) is 0 Å². The van der Waals surface area contributed by atoms with Crippen LogP contribution in [-0.2, 0) is 24.5 Å². The Labute approximate surface area is 131 Å². The Morgan fingerprint density at radius 2 is 1.86 bits per heavy atom. The highest BCUT2D eigenvalue weighted by atomic mass is 32.2. The van der Waals surface area contributed by atoms with E-state index in [1.165, 1.54) is 15.7 Å². The molecule has 0 aromatic heterocycles. The summed E-state index contributed by atoms with van der Waals surface area (Å²) < 4.78 is 39.1. The van der Waals surface area contributed by atoms with Crippen LogP contribution < -0.4 is 0 Å². The van der Waals surface area contributed by atoms with Crippen LogP contribution in [0.15, 0.2) is 0 Å². The van der Waals surface area contributed by atoms with E-state index in [1.807, 2.05) is 0 Å². The Hall–Kier alpha value is -0.700. The van der Waals surface area contributed by atoms with Crippen LogP contribution in [0.4, 0.5) is 0 Å². The van der Waals surface area contributed by atoms with Crippen LogP contribution in [0.2, 0.25) is 0 Å². The Bertz CT molecular complexity index is 517. The van der Waals surface area contributed by atoms with E-state index < -0.39 is 22.2 Å². The standard InChI is InChI=1S/C14H24N2O5S/c1-20-14(17)13-10-11-4-2-3-5-12(11)16(13)22(18,19)15-6-8-21-9-7-15/h11-13H,2-10H2,1H3.